The summed E-state index contributed by atoms with van der Waals surface area (Å²) in [4.78, 5) is 12.3. The first-order valence-electron chi connectivity index (χ1n) is 10.7. The minimum absolute atomic E-state index is 0.0992. The van der Waals surface area contributed by atoms with Gasteiger partial charge >= 0.3 is 0 Å². The van der Waals surface area contributed by atoms with Crippen molar-refractivity contribution in [1.82, 2.24) is 0 Å². The van der Waals surface area contributed by atoms with Gasteiger partial charge in [0.05, 0.1) is 26.7 Å². The van der Waals surface area contributed by atoms with E-state index >= 15 is 0 Å². The zero-order valence-electron chi connectivity index (χ0n) is 19.3. The zero-order valence-corrected chi connectivity index (χ0v) is 20.1. The van der Waals surface area contributed by atoms with E-state index in [4.69, 9.17) is 14.2 Å². The molecule has 2 N–H and O–H groups in total. The number of methoxy groups -OCH3 is 1. The molecule has 3 aromatic rings. The lowest BCUT2D eigenvalue weighted by Gasteiger charge is -2.14. The maximum Gasteiger partial charge on any atom is 0.265 e. The molecule has 0 unspecified atom stereocenters. The molecule has 1 amide bonds. The summed E-state index contributed by atoms with van der Waals surface area (Å²) in [7, 11) is -2.61. The maximum atomic E-state index is 13.0. The largest absolute Gasteiger partial charge is 0.495 e. The molecule has 0 aromatic heterocycles. The molecule has 180 valence electrons. The van der Waals surface area contributed by atoms with Crippen LogP contribution in [0.4, 0.5) is 11.4 Å². The molecular weight excluding hydrogens is 456 g/mol. The Morgan fingerprint density at radius 3 is 2.29 bits per heavy atom. The molecule has 0 aliphatic heterocycles. The van der Waals surface area contributed by atoms with Crippen LogP contribution in [0.3, 0.4) is 0 Å². The molecule has 0 atom stereocenters. The van der Waals surface area contributed by atoms with Gasteiger partial charge in [0.15, 0.2) is 0 Å². The lowest BCUT2D eigenvalue weighted by molar-refractivity contribution is -0.116. The summed E-state index contributed by atoms with van der Waals surface area (Å²) in [5, 5.41) is 2.71. The fourth-order valence-electron chi connectivity index (χ4n) is 3.16. The van der Waals surface area contributed by atoms with Crippen molar-refractivity contribution in [1.29, 1.82) is 0 Å². The second-order valence-corrected chi connectivity index (χ2v) is 8.99. The highest BCUT2D eigenvalue weighted by atomic mass is 32.2. The Balaban J connectivity index is 1.68. The number of benzene rings is 3. The van der Waals surface area contributed by atoms with Crippen LogP contribution in [0, 0.1) is 6.92 Å². The van der Waals surface area contributed by atoms with Gasteiger partial charge in [0.2, 0.25) is 5.91 Å². The molecule has 0 bridgehead atoms. The molecule has 3 aromatic carbocycles. The Bertz CT molecular complexity index is 1230. The number of sulfonamides is 1. The number of para-hydroxylation sites is 1. The summed E-state index contributed by atoms with van der Waals surface area (Å²) >= 11 is 0. The van der Waals surface area contributed by atoms with Crippen molar-refractivity contribution in [2.24, 2.45) is 0 Å². The van der Waals surface area contributed by atoms with E-state index in [1.165, 1.54) is 19.2 Å². The molecule has 0 aliphatic carbocycles. The maximum absolute atomic E-state index is 13.0. The molecule has 0 spiro atoms. The summed E-state index contributed by atoms with van der Waals surface area (Å²) in [6.07, 6.45) is 0.104. The van der Waals surface area contributed by atoms with Gasteiger partial charge in [-0.2, -0.15) is 0 Å². The van der Waals surface area contributed by atoms with E-state index in [-0.39, 0.29) is 29.6 Å². The van der Waals surface area contributed by atoms with Crippen LogP contribution in [0.1, 0.15) is 18.9 Å². The van der Waals surface area contributed by atoms with Crippen molar-refractivity contribution in [3.63, 3.8) is 0 Å². The molecule has 0 saturated heterocycles. The van der Waals surface area contributed by atoms with Crippen molar-refractivity contribution in [3.05, 3.63) is 72.3 Å². The SMILES string of the molecule is CCOc1ccc(NS(=O)(=O)c2cc(NC(=O)CCOc3ccccc3C)ccc2OC)cc1. The van der Waals surface area contributed by atoms with Crippen molar-refractivity contribution >= 4 is 27.3 Å². The number of carbonyl (C=O) groups excluding carboxylic acids is 1. The summed E-state index contributed by atoms with van der Waals surface area (Å²) in [5.74, 6) is 1.20. The van der Waals surface area contributed by atoms with Crippen molar-refractivity contribution < 1.29 is 27.4 Å². The average molecular weight is 485 g/mol. The Hall–Kier alpha value is -3.72. The average Bonchev–Trinajstić information content (AvgIpc) is 2.81. The third-order valence-electron chi connectivity index (χ3n) is 4.83. The van der Waals surface area contributed by atoms with Crippen molar-refractivity contribution in [2.45, 2.75) is 25.2 Å². The van der Waals surface area contributed by atoms with E-state index in [9.17, 15) is 13.2 Å². The van der Waals surface area contributed by atoms with Crippen LogP contribution in [0.15, 0.2) is 71.6 Å². The van der Waals surface area contributed by atoms with E-state index in [2.05, 4.69) is 10.0 Å². The van der Waals surface area contributed by atoms with Crippen LogP contribution in [-0.2, 0) is 14.8 Å². The molecule has 0 fully saturated rings. The predicted molar refractivity (Wildman–Crippen MR) is 131 cm³/mol. The Labute approximate surface area is 199 Å². The minimum atomic E-state index is -3.99. The normalized spacial score (nSPS) is 10.9. The van der Waals surface area contributed by atoms with E-state index < -0.39 is 10.0 Å². The zero-order chi connectivity index (χ0) is 24.6. The van der Waals surface area contributed by atoms with Crippen LogP contribution >= 0.6 is 0 Å². The van der Waals surface area contributed by atoms with Crippen molar-refractivity contribution in [2.75, 3.05) is 30.4 Å². The predicted octanol–water partition coefficient (Wildman–Crippen LogP) is 4.61. The highest BCUT2D eigenvalue weighted by Crippen LogP contribution is 2.29. The van der Waals surface area contributed by atoms with E-state index in [0.29, 0.717) is 29.5 Å². The quantitative estimate of drug-likeness (QED) is 0.412. The standard InChI is InChI=1S/C25H28N2O6S/c1-4-32-21-12-9-19(10-13-21)27-34(29,30)24-17-20(11-14-23(24)31-3)26-25(28)15-16-33-22-8-6-5-7-18(22)2/h5-14,17,27H,4,15-16H2,1-3H3,(H,26,28). The first-order chi connectivity index (χ1) is 16.3. The van der Waals surface area contributed by atoms with E-state index in [1.54, 1.807) is 30.3 Å². The van der Waals surface area contributed by atoms with Gasteiger partial charge in [-0.05, 0) is 67.9 Å². The van der Waals surface area contributed by atoms with E-state index in [0.717, 1.165) is 5.56 Å². The summed E-state index contributed by atoms with van der Waals surface area (Å²) in [5.41, 5.74) is 1.68. The first-order valence-corrected chi connectivity index (χ1v) is 12.2. The van der Waals surface area contributed by atoms with Gasteiger partial charge in [-0.3, -0.25) is 9.52 Å². The topological polar surface area (TPSA) is 103 Å². The summed E-state index contributed by atoms with van der Waals surface area (Å²) in [6.45, 7) is 4.50. The highest BCUT2D eigenvalue weighted by Gasteiger charge is 2.21. The van der Waals surface area contributed by atoms with Gasteiger partial charge in [0.25, 0.3) is 10.0 Å². The number of amides is 1. The molecular formula is C25H28N2O6S. The third kappa shape index (κ3) is 6.64. The molecule has 0 radical (unpaired) electrons. The lowest BCUT2D eigenvalue weighted by Crippen LogP contribution is -2.17. The number of ether oxygens (including phenoxy) is 3. The third-order valence-corrected chi connectivity index (χ3v) is 6.24. The highest BCUT2D eigenvalue weighted by molar-refractivity contribution is 7.92. The van der Waals surface area contributed by atoms with Gasteiger partial charge in [-0.25, -0.2) is 8.42 Å². The van der Waals surface area contributed by atoms with Crippen LogP contribution in [-0.4, -0.2) is 34.6 Å². The molecule has 34 heavy (non-hydrogen) atoms. The first kappa shape index (κ1) is 24.9. The van der Waals surface area contributed by atoms with Gasteiger partial charge in [0.1, 0.15) is 22.1 Å². The van der Waals surface area contributed by atoms with Crippen LogP contribution in [0.2, 0.25) is 0 Å². The lowest BCUT2D eigenvalue weighted by atomic mass is 10.2. The van der Waals surface area contributed by atoms with Crippen LogP contribution < -0.4 is 24.2 Å². The molecule has 8 nitrogen and oxygen atoms in total. The number of aryl methyl sites for hydroxylation is 1. The number of hydrogen-bond acceptors (Lipinski definition) is 6. The summed E-state index contributed by atoms with van der Waals surface area (Å²) < 4.78 is 44.9. The Morgan fingerprint density at radius 1 is 0.912 bits per heavy atom. The van der Waals surface area contributed by atoms with Gasteiger partial charge in [-0.1, -0.05) is 18.2 Å². The fraction of sp³-hybridized carbons (Fsp3) is 0.240. The van der Waals surface area contributed by atoms with Crippen molar-refractivity contribution in [3.8, 4) is 17.2 Å². The number of anilines is 2. The Kier molecular flexibility index (Phi) is 8.37. The number of rotatable bonds is 11. The minimum Gasteiger partial charge on any atom is -0.495 e. The molecule has 0 heterocycles. The van der Waals surface area contributed by atoms with Crippen LogP contribution in [0.25, 0.3) is 0 Å². The van der Waals surface area contributed by atoms with Gasteiger partial charge in [0, 0.05) is 11.4 Å². The monoisotopic (exact) mass is 484 g/mol. The molecule has 0 aliphatic rings. The molecule has 3 rings (SSSR count). The number of nitrogens with one attached hydrogen (secondary N) is 2. The van der Waals surface area contributed by atoms with Gasteiger partial charge < -0.3 is 19.5 Å². The van der Waals surface area contributed by atoms with E-state index in [1.807, 2.05) is 38.1 Å². The van der Waals surface area contributed by atoms with Crippen LogP contribution in [0.5, 0.6) is 17.2 Å². The number of hydrogen-bond donors (Lipinski definition) is 2. The smallest absolute Gasteiger partial charge is 0.265 e. The summed E-state index contributed by atoms with van der Waals surface area (Å²) in [6, 6.07) is 18.5. The number of carbonyl (C=O) groups is 1. The molecule has 0 saturated carbocycles. The second kappa shape index (κ2) is 11.4. The molecule has 9 heteroatoms. The fourth-order valence-corrected chi connectivity index (χ4v) is 4.41. The Morgan fingerprint density at radius 2 is 1.62 bits per heavy atom. The second-order valence-electron chi connectivity index (χ2n) is 7.34. The van der Waals surface area contributed by atoms with Gasteiger partial charge in [-0.15, -0.1) is 0 Å².